The van der Waals surface area contributed by atoms with Crippen molar-refractivity contribution in [3.05, 3.63) is 45.8 Å². The quantitative estimate of drug-likeness (QED) is 0.477. The lowest BCUT2D eigenvalue weighted by Gasteiger charge is -2.27. The molecule has 10 nitrogen and oxygen atoms in total. The molecule has 0 atom stereocenters. The average Bonchev–Trinajstić information content (AvgIpc) is 2.84. The summed E-state index contributed by atoms with van der Waals surface area (Å²) in [6.07, 6.45) is 1.59. The molecule has 3 heterocycles. The second kappa shape index (κ2) is 10.1. The first-order valence-corrected chi connectivity index (χ1v) is 11.1. The van der Waals surface area contributed by atoms with Gasteiger partial charge in [-0.25, -0.2) is 4.98 Å². The number of rotatable bonds is 7. The number of piperazine rings is 1. The van der Waals surface area contributed by atoms with Crippen molar-refractivity contribution in [1.29, 1.82) is 0 Å². The van der Waals surface area contributed by atoms with E-state index in [4.69, 9.17) is 16.3 Å². The number of pyridine rings is 1. The Kier molecular flexibility index (Phi) is 6.95. The van der Waals surface area contributed by atoms with Crippen molar-refractivity contribution in [3.8, 4) is 5.75 Å². The van der Waals surface area contributed by atoms with Gasteiger partial charge in [0, 0.05) is 50.8 Å². The maximum atomic E-state index is 12.8. The Morgan fingerprint density at radius 3 is 2.79 bits per heavy atom. The molecule has 33 heavy (non-hydrogen) atoms. The van der Waals surface area contributed by atoms with Crippen LogP contribution < -0.4 is 31.1 Å². The van der Waals surface area contributed by atoms with Crippen molar-refractivity contribution in [1.82, 2.24) is 25.2 Å². The van der Waals surface area contributed by atoms with Crippen LogP contribution in [0.25, 0.3) is 10.9 Å². The number of carbonyl (C=O) groups excluding carboxylic acids is 1. The molecule has 0 aliphatic carbocycles. The molecule has 1 aliphatic rings. The summed E-state index contributed by atoms with van der Waals surface area (Å²) in [6, 6.07) is 7.25. The summed E-state index contributed by atoms with van der Waals surface area (Å²) in [7, 11) is 1.51. The molecular weight excluding hydrogens is 446 g/mol. The number of benzene rings is 1. The highest BCUT2D eigenvalue weighted by molar-refractivity contribution is 6.32. The molecule has 1 aromatic carbocycles. The molecule has 1 fully saturated rings. The number of ether oxygens (including phenoxy) is 1. The van der Waals surface area contributed by atoms with E-state index in [-0.39, 0.29) is 23.8 Å². The zero-order valence-electron chi connectivity index (χ0n) is 18.5. The van der Waals surface area contributed by atoms with Crippen LogP contribution in [0.2, 0.25) is 5.02 Å². The molecule has 174 valence electrons. The summed E-state index contributed by atoms with van der Waals surface area (Å²) in [6.45, 7) is 5.52. The van der Waals surface area contributed by atoms with E-state index in [0.29, 0.717) is 23.3 Å². The highest BCUT2D eigenvalue weighted by Crippen LogP contribution is 2.28. The SMILES string of the molecule is CCn1c(=O)c(OCC(=O)NC)cc2cc(Nc3nc(N4CCNCC4)ncc3Cl)ccc21. The number of carbonyl (C=O) groups is 1. The van der Waals surface area contributed by atoms with Crippen LogP contribution in [0, 0.1) is 0 Å². The lowest BCUT2D eigenvalue weighted by molar-refractivity contribution is -0.122. The number of fused-ring (bicyclic) bond motifs is 1. The van der Waals surface area contributed by atoms with Crippen molar-refractivity contribution in [2.24, 2.45) is 0 Å². The van der Waals surface area contributed by atoms with Crippen molar-refractivity contribution in [2.45, 2.75) is 13.5 Å². The number of nitrogens with one attached hydrogen (secondary N) is 3. The van der Waals surface area contributed by atoms with Crippen LogP contribution >= 0.6 is 11.6 Å². The van der Waals surface area contributed by atoms with Gasteiger partial charge in [-0.3, -0.25) is 9.59 Å². The van der Waals surface area contributed by atoms with E-state index in [1.54, 1.807) is 16.8 Å². The van der Waals surface area contributed by atoms with E-state index < -0.39 is 0 Å². The van der Waals surface area contributed by atoms with E-state index in [9.17, 15) is 9.59 Å². The van der Waals surface area contributed by atoms with Crippen LogP contribution in [-0.4, -0.2) is 60.3 Å². The molecule has 0 radical (unpaired) electrons. The maximum absolute atomic E-state index is 12.8. The van der Waals surface area contributed by atoms with Gasteiger partial charge in [-0.05, 0) is 31.2 Å². The van der Waals surface area contributed by atoms with Crippen molar-refractivity contribution in [2.75, 3.05) is 50.1 Å². The Balaban J connectivity index is 1.65. The van der Waals surface area contributed by atoms with Crippen LogP contribution in [0.1, 0.15) is 6.92 Å². The van der Waals surface area contributed by atoms with Gasteiger partial charge in [-0.2, -0.15) is 4.98 Å². The number of anilines is 3. The van der Waals surface area contributed by atoms with Gasteiger partial charge in [0.05, 0.1) is 11.7 Å². The number of hydrogen-bond donors (Lipinski definition) is 3. The number of amides is 1. The number of halogens is 1. The van der Waals surface area contributed by atoms with Crippen LogP contribution in [0.4, 0.5) is 17.5 Å². The maximum Gasteiger partial charge on any atom is 0.293 e. The fourth-order valence-electron chi connectivity index (χ4n) is 3.67. The third-order valence-corrected chi connectivity index (χ3v) is 5.69. The Morgan fingerprint density at radius 2 is 2.06 bits per heavy atom. The van der Waals surface area contributed by atoms with Crippen LogP contribution in [-0.2, 0) is 11.3 Å². The zero-order valence-corrected chi connectivity index (χ0v) is 19.3. The summed E-state index contributed by atoms with van der Waals surface area (Å²) in [4.78, 5) is 35.4. The minimum Gasteiger partial charge on any atom is -0.478 e. The number of aromatic nitrogens is 3. The largest absolute Gasteiger partial charge is 0.478 e. The summed E-state index contributed by atoms with van der Waals surface area (Å²) < 4.78 is 7.09. The van der Waals surface area contributed by atoms with Crippen LogP contribution in [0.5, 0.6) is 5.75 Å². The first-order valence-electron chi connectivity index (χ1n) is 10.8. The molecule has 1 amide bonds. The molecule has 11 heteroatoms. The van der Waals surface area contributed by atoms with Crippen molar-refractivity contribution < 1.29 is 9.53 Å². The van der Waals surface area contributed by atoms with E-state index >= 15 is 0 Å². The fourth-order valence-corrected chi connectivity index (χ4v) is 3.81. The molecule has 2 aromatic heterocycles. The van der Waals surface area contributed by atoms with E-state index in [2.05, 4.69) is 30.8 Å². The molecule has 0 saturated carbocycles. The van der Waals surface area contributed by atoms with Gasteiger partial charge in [0.2, 0.25) is 5.95 Å². The fraction of sp³-hybridized carbons (Fsp3) is 0.364. The second-order valence-corrected chi connectivity index (χ2v) is 7.93. The molecule has 3 aromatic rings. The van der Waals surface area contributed by atoms with E-state index in [0.717, 1.165) is 42.8 Å². The van der Waals surface area contributed by atoms with Crippen LogP contribution in [0.3, 0.4) is 0 Å². The van der Waals surface area contributed by atoms with Gasteiger partial charge in [-0.1, -0.05) is 11.6 Å². The first kappa shape index (κ1) is 22.8. The summed E-state index contributed by atoms with van der Waals surface area (Å²) >= 11 is 6.36. The molecule has 3 N–H and O–H groups in total. The molecule has 4 rings (SSSR count). The second-order valence-electron chi connectivity index (χ2n) is 7.52. The lowest BCUT2D eigenvalue weighted by Crippen LogP contribution is -2.44. The molecule has 0 spiro atoms. The third-order valence-electron chi connectivity index (χ3n) is 5.41. The highest BCUT2D eigenvalue weighted by Gasteiger charge is 2.16. The summed E-state index contributed by atoms with van der Waals surface area (Å²) in [5.74, 6) is 0.922. The van der Waals surface area contributed by atoms with Gasteiger partial charge in [0.1, 0.15) is 5.02 Å². The molecular formula is C22H26ClN7O3. The van der Waals surface area contributed by atoms with E-state index in [1.807, 2.05) is 25.1 Å². The Bertz CT molecular complexity index is 1220. The summed E-state index contributed by atoms with van der Waals surface area (Å²) in [5.41, 5.74) is 1.22. The molecule has 0 unspecified atom stereocenters. The topological polar surface area (TPSA) is 113 Å². The standard InChI is InChI=1S/C22H26ClN7O3/c1-3-30-17-5-4-15(10-14(17)11-18(21(30)32)33-13-19(31)24-2)27-20-16(23)12-26-22(28-20)29-8-6-25-7-9-29/h4-5,10-12,25H,3,6-9,13H2,1-2H3,(H,24,31)(H,26,27,28). The normalized spacial score (nSPS) is 13.7. The van der Waals surface area contributed by atoms with Gasteiger partial charge >= 0.3 is 0 Å². The van der Waals surface area contributed by atoms with Crippen LogP contribution in [0.15, 0.2) is 35.3 Å². The third kappa shape index (κ3) is 5.01. The van der Waals surface area contributed by atoms with E-state index in [1.165, 1.54) is 7.05 Å². The van der Waals surface area contributed by atoms with Gasteiger partial charge in [0.25, 0.3) is 11.5 Å². The van der Waals surface area contributed by atoms with Crippen molar-refractivity contribution >= 4 is 45.9 Å². The smallest absolute Gasteiger partial charge is 0.293 e. The number of likely N-dealkylation sites (N-methyl/N-ethyl adjacent to an activating group) is 1. The lowest BCUT2D eigenvalue weighted by atomic mass is 10.1. The highest BCUT2D eigenvalue weighted by atomic mass is 35.5. The number of hydrogen-bond acceptors (Lipinski definition) is 8. The Hall–Kier alpha value is -3.37. The molecule has 1 saturated heterocycles. The minimum absolute atomic E-state index is 0.117. The van der Waals surface area contributed by atoms with Gasteiger partial charge in [0.15, 0.2) is 18.2 Å². The summed E-state index contributed by atoms with van der Waals surface area (Å²) in [5, 5.41) is 10.2. The van der Waals surface area contributed by atoms with Gasteiger partial charge < -0.3 is 30.2 Å². The average molecular weight is 472 g/mol. The minimum atomic E-state index is -0.313. The Labute approximate surface area is 195 Å². The molecule has 1 aliphatic heterocycles. The van der Waals surface area contributed by atoms with Crippen molar-refractivity contribution in [3.63, 3.8) is 0 Å². The predicted octanol–water partition coefficient (Wildman–Crippen LogP) is 1.74. The van der Waals surface area contributed by atoms with Gasteiger partial charge in [-0.15, -0.1) is 0 Å². The number of aryl methyl sites for hydroxylation is 1. The predicted molar refractivity (Wildman–Crippen MR) is 129 cm³/mol. The number of nitrogens with zero attached hydrogens (tertiary/aromatic N) is 4. The zero-order chi connectivity index (χ0) is 23.4. The first-order chi connectivity index (χ1) is 16.0. The molecule has 0 bridgehead atoms. The Morgan fingerprint density at radius 1 is 1.27 bits per heavy atom. The monoisotopic (exact) mass is 471 g/mol.